The molecule has 1 saturated heterocycles. The van der Waals surface area contributed by atoms with E-state index in [2.05, 4.69) is 41.2 Å². The van der Waals surface area contributed by atoms with Crippen molar-refractivity contribution in [2.24, 2.45) is 0 Å². The normalized spacial score (nSPS) is 15.7. The lowest BCUT2D eigenvalue weighted by Crippen LogP contribution is -2.36. The van der Waals surface area contributed by atoms with Crippen LogP contribution >= 0.6 is 0 Å². The molecule has 1 atom stereocenters. The maximum absolute atomic E-state index is 12.4. The van der Waals surface area contributed by atoms with Gasteiger partial charge in [-0.1, -0.05) is 26.0 Å². The van der Waals surface area contributed by atoms with Crippen LogP contribution in [-0.2, 0) is 4.74 Å². The van der Waals surface area contributed by atoms with Crippen molar-refractivity contribution in [2.45, 2.75) is 26.2 Å². The maximum Gasteiger partial charge on any atom is 0.257 e. The molecule has 5 heteroatoms. The molecule has 1 amide bonds. The predicted molar refractivity (Wildman–Crippen MR) is 100 cm³/mol. The molecule has 132 valence electrons. The van der Waals surface area contributed by atoms with Crippen LogP contribution in [0.2, 0.25) is 0 Å². The van der Waals surface area contributed by atoms with Crippen LogP contribution in [0.5, 0.6) is 0 Å². The molecule has 1 aromatic carbocycles. The first-order valence-electron chi connectivity index (χ1n) is 8.87. The number of rotatable bonds is 5. The van der Waals surface area contributed by atoms with Crippen LogP contribution in [0.3, 0.4) is 0 Å². The Bertz CT molecular complexity index is 692. The minimum atomic E-state index is -0.141. The van der Waals surface area contributed by atoms with Crippen LogP contribution < -0.4 is 10.2 Å². The summed E-state index contributed by atoms with van der Waals surface area (Å²) in [7, 11) is 0. The molecule has 1 aliphatic heterocycles. The topological polar surface area (TPSA) is 54.5 Å². The lowest BCUT2D eigenvalue weighted by molar-refractivity contribution is 0.102. The second-order valence-electron chi connectivity index (χ2n) is 6.39. The average Bonchev–Trinajstić information content (AvgIpc) is 2.68. The first-order chi connectivity index (χ1) is 12.2. The number of anilines is 2. The molecule has 0 bridgehead atoms. The number of benzene rings is 1. The van der Waals surface area contributed by atoms with Crippen LogP contribution in [0.15, 0.2) is 42.6 Å². The van der Waals surface area contributed by atoms with Gasteiger partial charge < -0.3 is 15.0 Å². The highest BCUT2D eigenvalue weighted by atomic mass is 16.5. The van der Waals surface area contributed by atoms with E-state index >= 15 is 0 Å². The highest BCUT2D eigenvalue weighted by molar-refractivity contribution is 6.04. The smallest absolute Gasteiger partial charge is 0.257 e. The molecule has 0 aliphatic carbocycles. The number of aromatic nitrogens is 1. The fourth-order valence-electron chi connectivity index (χ4n) is 2.83. The van der Waals surface area contributed by atoms with Gasteiger partial charge in [0.2, 0.25) is 0 Å². The second kappa shape index (κ2) is 8.12. The number of pyridine rings is 1. The van der Waals surface area contributed by atoms with Crippen molar-refractivity contribution in [1.29, 1.82) is 0 Å². The molecule has 1 aromatic heterocycles. The van der Waals surface area contributed by atoms with Gasteiger partial charge >= 0.3 is 0 Å². The fourth-order valence-corrected chi connectivity index (χ4v) is 2.83. The van der Waals surface area contributed by atoms with Crippen LogP contribution in [0.1, 0.15) is 42.1 Å². The molecular weight excluding hydrogens is 314 g/mol. The Hall–Kier alpha value is -2.40. The molecule has 0 saturated carbocycles. The van der Waals surface area contributed by atoms with Gasteiger partial charge in [0.15, 0.2) is 0 Å². The Kier molecular flexibility index (Phi) is 5.66. The Labute approximate surface area is 149 Å². The molecule has 5 nitrogen and oxygen atoms in total. The Morgan fingerprint density at radius 1 is 1.20 bits per heavy atom. The van der Waals surface area contributed by atoms with Gasteiger partial charge in [-0.05, 0) is 42.2 Å². The molecule has 0 unspecified atom stereocenters. The third-order valence-electron chi connectivity index (χ3n) is 4.70. The quantitative estimate of drug-likeness (QED) is 0.903. The summed E-state index contributed by atoms with van der Waals surface area (Å²) in [5.41, 5.74) is 2.65. The van der Waals surface area contributed by atoms with E-state index in [9.17, 15) is 4.79 Å². The SMILES string of the molecule is CC[C@H](C)c1ccc(NC(=O)c2ccc(N3CCOCC3)nc2)cc1. The van der Waals surface area contributed by atoms with Crippen molar-refractivity contribution in [3.8, 4) is 0 Å². The molecular formula is C20H25N3O2. The average molecular weight is 339 g/mol. The van der Waals surface area contributed by atoms with Gasteiger partial charge in [-0.15, -0.1) is 0 Å². The van der Waals surface area contributed by atoms with Gasteiger partial charge in [-0.3, -0.25) is 4.79 Å². The van der Waals surface area contributed by atoms with E-state index in [1.807, 2.05) is 24.3 Å². The van der Waals surface area contributed by atoms with E-state index in [1.165, 1.54) is 5.56 Å². The summed E-state index contributed by atoms with van der Waals surface area (Å²) >= 11 is 0. The molecule has 1 aliphatic rings. The predicted octanol–water partition coefficient (Wildman–Crippen LogP) is 3.68. The molecule has 1 fully saturated rings. The lowest BCUT2D eigenvalue weighted by atomic mass is 9.98. The summed E-state index contributed by atoms with van der Waals surface area (Å²) in [6.45, 7) is 7.48. The zero-order valence-corrected chi connectivity index (χ0v) is 14.9. The van der Waals surface area contributed by atoms with Crippen molar-refractivity contribution >= 4 is 17.4 Å². The second-order valence-corrected chi connectivity index (χ2v) is 6.39. The number of carbonyl (C=O) groups is 1. The summed E-state index contributed by atoms with van der Waals surface area (Å²) < 4.78 is 5.35. The number of nitrogens with one attached hydrogen (secondary N) is 1. The standard InChI is InChI=1S/C20H25N3O2/c1-3-15(2)16-4-7-18(8-5-16)22-20(24)17-6-9-19(21-14-17)23-10-12-25-13-11-23/h4-9,14-15H,3,10-13H2,1-2H3,(H,22,24)/t15-/m0/s1. The number of morpholine rings is 1. The minimum Gasteiger partial charge on any atom is -0.378 e. The van der Waals surface area contributed by atoms with E-state index in [4.69, 9.17) is 4.74 Å². The van der Waals surface area contributed by atoms with E-state index in [0.29, 0.717) is 11.5 Å². The summed E-state index contributed by atoms with van der Waals surface area (Å²) in [5.74, 6) is 1.27. The first kappa shape index (κ1) is 17.4. The Morgan fingerprint density at radius 2 is 1.92 bits per heavy atom. The van der Waals surface area contributed by atoms with Crippen LogP contribution in [0, 0.1) is 0 Å². The van der Waals surface area contributed by atoms with Gasteiger partial charge in [-0.2, -0.15) is 0 Å². The molecule has 0 spiro atoms. The summed E-state index contributed by atoms with van der Waals surface area (Å²) in [5, 5.41) is 2.93. The molecule has 2 aromatic rings. The largest absolute Gasteiger partial charge is 0.378 e. The monoisotopic (exact) mass is 339 g/mol. The summed E-state index contributed by atoms with van der Waals surface area (Å²) in [6.07, 6.45) is 2.74. The number of hydrogen-bond donors (Lipinski definition) is 1. The molecule has 0 radical (unpaired) electrons. The van der Waals surface area contributed by atoms with Crippen LogP contribution in [-0.4, -0.2) is 37.2 Å². The highest BCUT2D eigenvalue weighted by Crippen LogP contribution is 2.21. The number of hydrogen-bond acceptors (Lipinski definition) is 4. The highest BCUT2D eigenvalue weighted by Gasteiger charge is 2.13. The Morgan fingerprint density at radius 3 is 2.52 bits per heavy atom. The fraction of sp³-hybridized carbons (Fsp3) is 0.400. The van der Waals surface area contributed by atoms with Gasteiger partial charge in [0.1, 0.15) is 5.82 Å². The molecule has 25 heavy (non-hydrogen) atoms. The number of ether oxygens (including phenoxy) is 1. The van der Waals surface area contributed by atoms with E-state index in [-0.39, 0.29) is 5.91 Å². The molecule has 2 heterocycles. The third-order valence-corrected chi connectivity index (χ3v) is 4.70. The van der Waals surface area contributed by atoms with Gasteiger partial charge in [0, 0.05) is 25.0 Å². The zero-order valence-electron chi connectivity index (χ0n) is 14.9. The van der Waals surface area contributed by atoms with E-state index < -0.39 is 0 Å². The molecule has 1 N–H and O–H groups in total. The lowest BCUT2D eigenvalue weighted by Gasteiger charge is -2.27. The first-order valence-corrected chi connectivity index (χ1v) is 8.87. The molecule has 3 rings (SSSR count). The summed E-state index contributed by atoms with van der Waals surface area (Å²) in [6, 6.07) is 11.8. The van der Waals surface area contributed by atoms with Crippen molar-refractivity contribution in [3.63, 3.8) is 0 Å². The number of amides is 1. The van der Waals surface area contributed by atoms with E-state index in [0.717, 1.165) is 44.2 Å². The van der Waals surface area contributed by atoms with E-state index in [1.54, 1.807) is 6.20 Å². The number of nitrogens with zero attached hydrogens (tertiary/aromatic N) is 2. The zero-order chi connectivity index (χ0) is 17.6. The minimum absolute atomic E-state index is 0.141. The Balaban J connectivity index is 1.62. The van der Waals surface area contributed by atoms with Gasteiger partial charge in [0.25, 0.3) is 5.91 Å². The van der Waals surface area contributed by atoms with Crippen molar-refractivity contribution < 1.29 is 9.53 Å². The number of carbonyl (C=O) groups excluding carboxylic acids is 1. The van der Waals surface area contributed by atoms with Crippen molar-refractivity contribution in [1.82, 2.24) is 4.98 Å². The van der Waals surface area contributed by atoms with Crippen LogP contribution in [0.25, 0.3) is 0 Å². The van der Waals surface area contributed by atoms with Crippen molar-refractivity contribution in [3.05, 3.63) is 53.7 Å². The maximum atomic E-state index is 12.4. The van der Waals surface area contributed by atoms with Gasteiger partial charge in [0.05, 0.1) is 18.8 Å². The van der Waals surface area contributed by atoms with Gasteiger partial charge in [-0.25, -0.2) is 4.98 Å². The third kappa shape index (κ3) is 4.37. The van der Waals surface area contributed by atoms with Crippen molar-refractivity contribution in [2.75, 3.05) is 36.5 Å². The van der Waals surface area contributed by atoms with Crippen LogP contribution in [0.4, 0.5) is 11.5 Å². The summed E-state index contributed by atoms with van der Waals surface area (Å²) in [4.78, 5) is 19.0.